The predicted molar refractivity (Wildman–Crippen MR) is 72.7 cm³/mol. The van der Waals surface area contributed by atoms with E-state index in [2.05, 4.69) is 5.43 Å². The van der Waals surface area contributed by atoms with E-state index in [9.17, 15) is 14.5 Å². The third-order valence-corrected chi connectivity index (χ3v) is 3.23. The minimum Gasteiger partial charge on any atom is -0.504 e. The number of carbonyl (C=O) groups is 1. The molecule has 1 atom stereocenters. The Bertz CT molecular complexity index is 574. The third-order valence-electron chi connectivity index (χ3n) is 2.76. The van der Waals surface area contributed by atoms with Gasteiger partial charge >= 0.3 is 13.6 Å². The molecule has 0 radical (unpaired) electrons. The summed E-state index contributed by atoms with van der Waals surface area (Å²) in [5, 5.41) is 18.7. The minimum atomic E-state index is -4.39. The molecule has 0 aliphatic carbocycles. The highest BCUT2D eigenvalue weighted by Crippen LogP contribution is 2.37. The second-order valence-corrected chi connectivity index (χ2v) is 6.29. The largest absolute Gasteiger partial charge is 0.504 e. The van der Waals surface area contributed by atoms with E-state index < -0.39 is 25.5 Å². The molecule has 0 saturated heterocycles. The van der Waals surface area contributed by atoms with Gasteiger partial charge in [0.05, 0.1) is 0 Å². The number of ether oxygens (including phenoxy) is 1. The molecule has 0 aliphatic heterocycles. The van der Waals surface area contributed by atoms with E-state index in [0.29, 0.717) is 5.56 Å². The Labute approximate surface area is 120 Å². The van der Waals surface area contributed by atoms with E-state index in [1.165, 1.54) is 25.1 Å². The van der Waals surface area contributed by atoms with E-state index in [1.54, 1.807) is 0 Å². The topological polar surface area (TPSA) is 162 Å². The van der Waals surface area contributed by atoms with Crippen molar-refractivity contribution in [1.29, 1.82) is 0 Å². The van der Waals surface area contributed by atoms with E-state index in [-0.39, 0.29) is 17.9 Å². The number of phenols is 1. The molecule has 1 aromatic rings. The number of carboxylic acids is 1. The standard InChI is InChI=1S/C11H17N2O7P/c1-11(13-12,10(15)16)5-7-2-3-8(14)9(4-7)20-6-21(17,18)19/h2-4,13-14H,5-6,12H2,1H3,(H,15,16)(H2,17,18,19). The van der Waals surface area contributed by atoms with E-state index in [0.717, 1.165) is 0 Å². The van der Waals surface area contributed by atoms with Crippen LogP contribution >= 0.6 is 7.60 Å². The van der Waals surface area contributed by atoms with Crippen molar-refractivity contribution in [3.05, 3.63) is 23.8 Å². The molecule has 0 spiro atoms. The summed E-state index contributed by atoms with van der Waals surface area (Å²) in [5.41, 5.74) is 1.21. The Morgan fingerprint density at radius 3 is 2.57 bits per heavy atom. The molecule has 0 amide bonds. The van der Waals surface area contributed by atoms with Crippen LogP contribution in [0.25, 0.3) is 0 Å². The van der Waals surface area contributed by atoms with Gasteiger partial charge in [0.1, 0.15) is 5.54 Å². The second-order valence-electron chi connectivity index (χ2n) is 4.70. The van der Waals surface area contributed by atoms with E-state index >= 15 is 0 Å². The third kappa shape index (κ3) is 5.00. The molecular weight excluding hydrogens is 303 g/mol. The van der Waals surface area contributed by atoms with Crippen LogP contribution in [0.4, 0.5) is 0 Å². The number of benzene rings is 1. The van der Waals surface area contributed by atoms with Crippen molar-refractivity contribution in [1.82, 2.24) is 5.43 Å². The lowest BCUT2D eigenvalue weighted by Crippen LogP contribution is -2.54. The number of hydrazine groups is 1. The summed E-state index contributed by atoms with van der Waals surface area (Å²) in [6.07, 6.45) is -0.916. The smallest absolute Gasteiger partial charge is 0.362 e. The zero-order valence-electron chi connectivity index (χ0n) is 11.2. The maximum absolute atomic E-state index is 11.1. The fraction of sp³-hybridized carbons (Fsp3) is 0.364. The van der Waals surface area contributed by atoms with Crippen LogP contribution in [-0.2, 0) is 15.8 Å². The molecule has 1 unspecified atom stereocenters. The molecular formula is C11H17N2O7P. The number of hydrogen-bond donors (Lipinski definition) is 6. The molecule has 0 fully saturated rings. The Morgan fingerprint density at radius 2 is 2.10 bits per heavy atom. The van der Waals surface area contributed by atoms with Gasteiger partial charge < -0.3 is 24.7 Å². The van der Waals surface area contributed by atoms with E-state index in [1.807, 2.05) is 0 Å². The molecule has 0 aliphatic rings. The monoisotopic (exact) mass is 320 g/mol. The number of nitrogens with two attached hydrogens (primary N) is 1. The summed E-state index contributed by atoms with van der Waals surface area (Å²) >= 11 is 0. The zero-order valence-corrected chi connectivity index (χ0v) is 12.1. The molecule has 0 heterocycles. The number of hydrogen-bond acceptors (Lipinski definition) is 6. The highest BCUT2D eigenvalue weighted by molar-refractivity contribution is 7.51. The average Bonchev–Trinajstić information content (AvgIpc) is 2.38. The molecule has 7 N–H and O–H groups in total. The number of carboxylic acid groups (broad SMARTS) is 1. The Hall–Kier alpha value is -1.64. The molecule has 21 heavy (non-hydrogen) atoms. The van der Waals surface area contributed by atoms with Crippen LogP contribution in [0.3, 0.4) is 0 Å². The molecule has 1 aromatic carbocycles. The quantitative estimate of drug-likeness (QED) is 0.226. The van der Waals surface area contributed by atoms with E-state index in [4.69, 9.17) is 25.5 Å². The van der Waals surface area contributed by atoms with Gasteiger partial charge in [-0.2, -0.15) is 0 Å². The molecule has 0 saturated carbocycles. The lowest BCUT2D eigenvalue weighted by molar-refractivity contribution is -0.144. The predicted octanol–water partition coefficient (Wildman–Crippen LogP) is -0.245. The van der Waals surface area contributed by atoms with Crippen LogP contribution in [-0.4, -0.2) is 37.9 Å². The average molecular weight is 320 g/mol. The van der Waals surface area contributed by atoms with Crippen LogP contribution in [0.2, 0.25) is 0 Å². The molecule has 9 nitrogen and oxygen atoms in total. The van der Waals surface area contributed by atoms with Crippen molar-refractivity contribution in [2.45, 2.75) is 18.9 Å². The van der Waals surface area contributed by atoms with Crippen LogP contribution in [0.15, 0.2) is 18.2 Å². The SMILES string of the molecule is CC(Cc1ccc(O)c(OCP(=O)(O)O)c1)(NN)C(=O)O. The first-order valence-electron chi connectivity index (χ1n) is 5.78. The van der Waals surface area contributed by atoms with Crippen LogP contribution < -0.4 is 16.0 Å². The Kier molecular flexibility index (Phi) is 5.32. The van der Waals surface area contributed by atoms with Crippen molar-refractivity contribution >= 4 is 13.6 Å². The summed E-state index contributed by atoms with van der Waals surface area (Å²) in [4.78, 5) is 28.6. The van der Waals surface area contributed by atoms with Gasteiger partial charge in [-0.25, -0.2) is 5.43 Å². The second kappa shape index (κ2) is 6.42. The van der Waals surface area contributed by atoms with Crippen LogP contribution in [0, 0.1) is 0 Å². The fourth-order valence-corrected chi connectivity index (χ4v) is 1.84. The molecule has 0 bridgehead atoms. The molecule has 118 valence electrons. The molecule has 1 rings (SSSR count). The highest BCUT2D eigenvalue weighted by Gasteiger charge is 2.32. The maximum atomic E-state index is 11.1. The number of aromatic hydroxyl groups is 1. The Balaban J connectivity index is 2.96. The lowest BCUT2D eigenvalue weighted by atomic mass is 9.93. The van der Waals surface area contributed by atoms with Gasteiger partial charge in [-0.1, -0.05) is 6.07 Å². The molecule has 0 aromatic heterocycles. The number of nitrogens with one attached hydrogen (secondary N) is 1. The first kappa shape index (κ1) is 17.4. The lowest BCUT2D eigenvalue weighted by Gasteiger charge is -2.24. The first-order valence-corrected chi connectivity index (χ1v) is 7.57. The normalized spacial score (nSPS) is 14.5. The van der Waals surface area contributed by atoms with Gasteiger partial charge in [-0.05, 0) is 24.6 Å². The van der Waals surface area contributed by atoms with Crippen molar-refractivity contribution in [2.75, 3.05) is 6.35 Å². The van der Waals surface area contributed by atoms with Gasteiger partial charge in [0.2, 0.25) is 0 Å². The number of aliphatic carboxylic acids is 1. The Morgan fingerprint density at radius 1 is 1.48 bits per heavy atom. The van der Waals surface area contributed by atoms with Crippen molar-refractivity contribution < 1.29 is 34.1 Å². The van der Waals surface area contributed by atoms with Gasteiger partial charge in [0.25, 0.3) is 0 Å². The number of phenolic OH excluding ortho intramolecular Hbond substituents is 1. The minimum absolute atomic E-state index is 0.0224. The van der Waals surface area contributed by atoms with Crippen molar-refractivity contribution in [3.8, 4) is 11.5 Å². The van der Waals surface area contributed by atoms with Gasteiger partial charge in [-0.15, -0.1) is 0 Å². The van der Waals surface area contributed by atoms with Crippen molar-refractivity contribution in [2.24, 2.45) is 5.84 Å². The molecule has 10 heteroatoms. The fourth-order valence-electron chi connectivity index (χ4n) is 1.53. The first-order chi connectivity index (χ1) is 9.57. The summed E-state index contributed by atoms with van der Waals surface area (Å²) in [6, 6.07) is 3.99. The van der Waals surface area contributed by atoms with Gasteiger partial charge in [0, 0.05) is 6.42 Å². The van der Waals surface area contributed by atoms with Crippen LogP contribution in [0.1, 0.15) is 12.5 Å². The van der Waals surface area contributed by atoms with Gasteiger partial charge in [-0.3, -0.25) is 15.2 Å². The van der Waals surface area contributed by atoms with Crippen LogP contribution in [0.5, 0.6) is 11.5 Å². The van der Waals surface area contributed by atoms with Gasteiger partial charge in [0.15, 0.2) is 17.8 Å². The summed E-state index contributed by atoms with van der Waals surface area (Å²) in [7, 11) is -4.39. The highest BCUT2D eigenvalue weighted by atomic mass is 31.2. The number of rotatable bonds is 7. The van der Waals surface area contributed by atoms with Crippen molar-refractivity contribution in [3.63, 3.8) is 0 Å². The summed E-state index contributed by atoms with van der Waals surface area (Å²) in [6.45, 7) is 1.37. The summed E-state index contributed by atoms with van der Waals surface area (Å²) < 4.78 is 15.6. The summed E-state index contributed by atoms with van der Waals surface area (Å²) in [5.74, 6) is 3.59. The maximum Gasteiger partial charge on any atom is 0.362 e. The zero-order chi connectivity index (χ0) is 16.3.